The summed E-state index contributed by atoms with van der Waals surface area (Å²) in [7, 11) is 1.55. The first-order valence-electron chi connectivity index (χ1n) is 14.5. The summed E-state index contributed by atoms with van der Waals surface area (Å²) in [4.78, 5) is 34.0. The summed E-state index contributed by atoms with van der Waals surface area (Å²) in [6.07, 6.45) is 1.41. The summed E-state index contributed by atoms with van der Waals surface area (Å²) < 4.78 is 23.8. The van der Waals surface area contributed by atoms with Crippen LogP contribution in [0.5, 0.6) is 23.1 Å². The van der Waals surface area contributed by atoms with Crippen molar-refractivity contribution in [1.82, 2.24) is 15.3 Å². The van der Waals surface area contributed by atoms with Crippen molar-refractivity contribution in [3.05, 3.63) is 108 Å². The number of carbonyl (C=O) groups excluding carboxylic acids is 2. The minimum Gasteiger partial charge on any atom is -0.493 e. The maximum absolute atomic E-state index is 12.7. The molecular formula is C35H31N5O6. The molecule has 2 heterocycles. The average molecular weight is 618 g/mol. The maximum atomic E-state index is 12.7. The lowest BCUT2D eigenvalue weighted by Crippen LogP contribution is -2.22. The fourth-order valence-corrected chi connectivity index (χ4v) is 5.02. The molecule has 4 aromatic carbocycles. The predicted molar refractivity (Wildman–Crippen MR) is 175 cm³/mol. The number of anilines is 2. The van der Waals surface area contributed by atoms with Crippen molar-refractivity contribution in [2.75, 3.05) is 24.7 Å². The van der Waals surface area contributed by atoms with Gasteiger partial charge in [0.25, 0.3) is 11.8 Å². The van der Waals surface area contributed by atoms with Crippen molar-refractivity contribution in [3.63, 3.8) is 0 Å². The second-order valence-corrected chi connectivity index (χ2v) is 10.4. The van der Waals surface area contributed by atoms with E-state index in [0.717, 1.165) is 5.56 Å². The molecule has 0 fully saturated rings. The molecule has 0 atom stereocenters. The smallest absolute Gasteiger partial charge is 0.255 e. The highest BCUT2D eigenvalue weighted by atomic mass is 16.5. The third-order valence-corrected chi connectivity index (χ3v) is 7.32. The number of methoxy groups -OCH3 is 1. The summed E-state index contributed by atoms with van der Waals surface area (Å²) in [5, 5.41) is 6.94. The summed E-state index contributed by atoms with van der Waals surface area (Å²) in [5.74, 6) is 1.79. The molecule has 0 spiro atoms. The van der Waals surface area contributed by atoms with Gasteiger partial charge in [-0.05, 0) is 61.9 Å². The van der Waals surface area contributed by atoms with E-state index in [9.17, 15) is 9.59 Å². The SMILES string of the molecule is CCNC(=O)c1c(C)oc2cc(Oc3ncnc4cc(OC)c(OCc5ccc(C(=O)Nc6ccccc6N)cc5)cc34)ccc12. The number of nitrogen functional groups attached to an aromatic ring is 1. The molecule has 0 saturated heterocycles. The van der Waals surface area contributed by atoms with Crippen molar-refractivity contribution < 1.29 is 28.2 Å². The highest BCUT2D eigenvalue weighted by Crippen LogP contribution is 2.37. The Balaban J connectivity index is 1.20. The van der Waals surface area contributed by atoms with Crippen molar-refractivity contribution in [2.24, 2.45) is 0 Å². The summed E-state index contributed by atoms with van der Waals surface area (Å²) in [6.45, 7) is 4.34. The molecule has 6 rings (SSSR count). The number of fused-ring (bicyclic) bond motifs is 2. The third kappa shape index (κ3) is 6.11. The summed E-state index contributed by atoms with van der Waals surface area (Å²) in [5.41, 5.74) is 9.93. The zero-order valence-corrected chi connectivity index (χ0v) is 25.4. The second kappa shape index (κ2) is 12.9. The van der Waals surface area contributed by atoms with Crippen LogP contribution in [0.15, 0.2) is 89.6 Å². The molecule has 0 saturated carbocycles. The lowest BCUT2D eigenvalue weighted by Gasteiger charge is -2.14. The van der Waals surface area contributed by atoms with Gasteiger partial charge in [-0.2, -0.15) is 0 Å². The Bertz CT molecular complexity index is 2070. The number of nitrogens with zero attached hydrogens (tertiary/aromatic N) is 2. The van der Waals surface area contributed by atoms with Gasteiger partial charge in [-0.1, -0.05) is 24.3 Å². The largest absolute Gasteiger partial charge is 0.493 e. The van der Waals surface area contributed by atoms with Gasteiger partial charge in [-0.25, -0.2) is 9.97 Å². The summed E-state index contributed by atoms with van der Waals surface area (Å²) in [6, 6.07) is 22.9. The number of benzene rings is 4. The van der Waals surface area contributed by atoms with Crippen LogP contribution in [-0.2, 0) is 6.61 Å². The molecule has 0 aliphatic heterocycles. The third-order valence-electron chi connectivity index (χ3n) is 7.32. The monoisotopic (exact) mass is 617 g/mol. The Hall–Kier alpha value is -6.10. The molecule has 2 amide bonds. The highest BCUT2D eigenvalue weighted by Gasteiger charge is 2.19. The number of aryl methyl sites for hydroxylation is 1. The van der Waals surface area contributed by atoms with Crippen molar-refractivity contribution in [2.45, 2.75) is 20.5 Å². The molecule has 0 aliphatic rings. The molecular weight excluding hydrogens is 586 g/mol. The van der Waals surface area contributed by atoms with Crippen LogP contribution in [0.3, 0.4) is 0 Å². The first kappa shape index (κ1) is 29.9. The predicted octanol–water partition coefficient (Wildman–Crippen LogP) is 6.65. The first-order chi connectivity index (χ1) is 22.3. The van der Waals surface area contributed by atoms with E-state index in [1.54, 1.807) is 80.8 Å². The van der Waals surface area contributed by atoms with Crippen molar-refractivity contribution in [1.29, 1.82) is 0 Å². The molecule has 0 radical (unpaired) electrons. The van der Waals surface area contributed by atoms with Crippen LogP contribution < -0.4 is 30.6 Å². The van der Waals surface area contributed by atoms with Crippen LogP contribution in [0.25, 0.3) is 21.9 Å². The van der Waals surface area contributed by atoms with Gasteiger partial charge in [0.15, 0.2) is 11.5 Å². The maximum Gasteiger partial charge on any atom is 0.255 e. The number of rotatable bonds is 10. The molecule has 0 aliphatic carbocycles. The Morgan fingerprint density at radius 1 is 0.913 bits per heavy atom. The van der Waals surface area contributed by atoms with Crippen LogP contribution >= 0.6 is 0 Å². The molecule has 4 N–H and O–H groups in total. The van der Waals surface area contributed by atoms with E-state index in [1.165, 1.54) is 6.33 Å². The van der Waals surface area contributed by atoms with Gasteiger partial charge in [0.1, 0.15) is 30.0 Å². The number of carbonyl (C=O) groups is 2. The van der Waals surface area contributed by atoms with Crippen LogP contribution in [-0.4, -0.2) is 35.4 Å². The number of aromatic nitrogens is 2. The highest BCUT2D eigenvalue weighted by molar-refractivity contribution is 6.07. The van der Waals surface area contributed by atoms with Crippen LogP contribution in [0.1, 0.15) is 39.0 Å². The van der Waals surface area contributed by atoms with E-state index in [2.05, 4.69) is 20.6 Å². The lowest BCUT2D eigenvalue weighted by atomic mass is 10.1. The van der Waals surface area contributed by atoms with Gasteiger partial charge in [0, 0.05) is 29.6 Å². The molecule has 2 aromatic heterocycles. The minimum absolute atomic E-state index is 0.189. The zero-order valence-electron chi connectivity index (χ0n) is 25.4. The Kier molecular flexibility index (Phi) is 8.38. The molecule has 0 bridgehead atoms. The molecule has 11 heteroatoms. The Labute approximate surface area is 264 Å². The van der Waals surface area contributed by atoms with E-state index in [-0.39, 0.29) is 18.4 Å². The summed E-state index contributed by atoms with van der Waals surface area (Å²) >= 11 is 0. The molecule has 11 nitrogen and oxygen atoms in total. The second-order valence-electron chi connectivity index (χ2n) is 10.4. The van der Waals surface area contributed by atoms with E-state index in [0.29, 0.717) is 79.8 Å². The number of hydrogen-bond donors (Lipinski definition) is 3. The Morgan fingerprint density at radius 2 is 1.72 bits per heavy atom. The van der Waals surface area contributed by atoms with Gasteiger partial charge in [0.2, 0.25) is 5.88 Å². The number of para-hydroxylation sites is 2. The fraction of sp³-hybridized carbons (Fsp3) is 0.143. The number of ether oxygens (including phenoxy) is 3. The standard InChI is InChI=1S/C35H31N5O6/c1-4-37-34(42)32-20(2)45-29-15-23(13-14-24(29)32)46-35-25-16-31(30(43-3)17-28(25)38-19-39-35)44-18-21-9-11-22(12-10-21)33(41)40-27-8-6-5-7-26(27)36/h5-17,19H,4,18,36H2,1-3H3,(H,37,42)(H,40,41). The zero-order chi connectivity index (χ0) is 32.2. The van der Waals surface area contributed by atoms with E-state index in [4.69, 9.17) is 24.4 Å². The topological polar surface area (TPSA) is 151 Å². The van der Waals surface area contributed by atoms with Crippen molar-refractivity contribution >= 4 is 45.1 Å². The molecule has 232 valence electrons. The van der Waals surface area contributed by atoms with Gasteiger partial charge in [-0.3, -0.25) is 9.59 Å². The quantitative estimate of drug-likeness (QED) is 0.144. The molecule has 46 heavy (non-hydrogen) atoms. The van der Waals surface area contributed by atoms with Crippen LogP contribution in [0, 0.1) is 6.92 Å². The van der Waals surface area contributed by atoms with Gasteiger partial charge < -0.3 is 35.0 Å². The van der Waals surface area contributed by atoms with E-state index >= 15 is 0 Å². The number of nitrogens with two attached hydrogens (primary N) is 1. The molecule has 0 unspecified atom stereocenters. The van der Waals surface area contributed by atoms with E-state index in [1.807, 2.05) is 19.1 Å². The van der Waals surface area contributed by atoms with E-state index < -0.39 is 0 Å². The Morgan fingerprint density at radius 3 is 2.48 bits per heavy atom. The first-order valence-corrected chi connectivity index (χ1v) is 14.5. The normalized spacial score (nSPS) is 10.9. The van der Waals surface area contributed by atoms with Crippen molar-refractivity contribution in [3.8, 4) is 23.1 Å². The van der Waals surface area contributed by atoms with Gasteiger partial charge in [-0.15, -0.1) is 0 Å². The van der Waals surface area contributed by atoms with Crippen LogP contribution in [0.2, 0.25) is 0 Å². The average Bonchev–Trinajstić information content (AvgIpc) is 3.39. The minimum atomic E-state index is -0.266. The number of hydrogen-bond acceptors (Lipinski definition) is 9. The number of amides is 2. The van der Waals surface area contributed by atoms with Gasteiger partial charge >= 0.3 is 0 Å². The number of nitrogens with one attached hydrogen (secondary N) is 2. The molecule has 6 aromatic rings. The fourth-order valence-electron chi connectivity index (χ4n) is 5.02. The van der Waals surface area contributed by atoms with Crippen LogP contribution in [0.4, 0.5) is 11.4 Å². The van der Waals surface area contributed by atoms with Gasteiger partial charge in [0.05, 0.1) is 35.0 Å². The number of furan rings is 1. The lowest BCUT2D eigenvalue weighted by molar-refractivity contribution is 0.0954.